The summed E-state index contributed by atoms with van der Waals surface area (Å²) in [7, 11) is -1.58. The van der Waals surface area contributed by atoms with Crippen LogP contribution in [0.3, 0.4) is 0 Å². The van der Waals surface area contributed by atoms with E-state index < -0.39 is 21.4 Å². The average Bonchev–Trinajstić information content (AvgIpc) is 3.83. The molecule has 0 aromatic heterocycles. The number of fused-ring (bicyclic) bond motifs is 9. The van der Waals surface area contributed by atoms with Gasteiger partial charge in [-0.05, 0) is 89.5 Å². The molecule has 0 spiro atoms. The van der Waals surface area contributed by atoms with Crippen molar-refractivity contribution in [3.05, 3.63) is 126 Å². The van der Waals surface area contributed by atoms with Gasteiger partial charge in [-0.3, -0.25) is 0 Å². The molecule has 0 saturated heterocycles. The van der Waals surface area contributed by atoms with E-state index in [4.69, 9.17) is 27.9 Å². The monoisotopic (exact) mass is 624 g/mol. The quantitative estimate of drug-likeness (QED) is 0.164. The first-order valence-electron chi connectivity index (χ1n) is 16.2. The molecule has 6 nitrogen and oxygen atoms in total. The van der Waals surface area contributed by atoms with Crippen LogP contribution >= 0.6 is 0 Å². The van der Waals surface area contributed by atoms with Gasteiger partial charge in [-0.2, -0.15) is 0 Å². The van der Waals surface area contributed by atoms with E-state index in [1.165, 1.54) is 16.7 Å². The summed E-state index contributed by atoms with van der Waals surface area (Å²) in [6.45, 7) is 6.21. The second-order valence-corrected chi connectivity index (χ2v) is 13.0. The Balaban J connectivity index is 1.14. The molecule has 0 unspecified atom stereocenters. The molecule has 10 rings (SSSR count). The van der Waals surface area contributed by atoms with Crippen molar-refractivity contribution < 1.29 is 27.9 Å². The summed E-state index contributed by atoms with van der Waals surface area (Å²) in [6.07, 6.45) is 0. The Morgan fingerprint density at radius 2 is 0.479 bits per heavy atom. The molecule has 7 aromatic rings. The van der Waals surface area contributed by atoms with Crippen LogP contribution in [0.5, 0.6) is 34.5 Å². The average molecular weight is 624 g/mol. The maximum atomic E-state index is 6.40. The van der Waals surface area contributed by atoms with E-state index in [1.807, 2.05) is 36.4 Å². The van der Waals surface area contributed by atoms with Crippen LogP contribution in [-0.4, -0.2) is 21.4 Å². The molecule has 0 radical (unpaired) electrons. The second-order valence-electron chi connectivity index (χ2n) is 13.0. The minimum absolute atomic E-state index is 0.526. The summed E-state index contributed by atoms with van der Waals surface area (Å²) < 4.78 is 38.4. The zero-order valence-electron chi connectivity index (χ0n) is 26.6. The molecule has 0 amide bonds. The summed E-state index contributed by atoms with van der Waals surface area (Å²) in [5.41, 5.74) is 6.45. The summed E-state index contributed by atoms with van der Waals surface area (Å²) >= 11 is 0. The SMILES string of the molecule is Cc1ccc(B2Oc3cc4c5cc6c(cc5c5cc7c(cc5c4cc3O2)OB(c2ccc(C)cc2)O7)OB(c2ccc(C)cc2)O6)cc1. The topological polar surface area (TPSA) is 55.4 Å². The highest BCUT2D eigenvalue weighted by atomic mass is 16.6. The molecule has 0 atom stereocenters. The van der Waals surface area contributed by atoms with Crippen molar-refractivity contribution >= 4 is 70.1 Å². The normalized spacial score (nSPS) is 14.2. The highest BCUT2D eigenvalue weighted by molar-refractivity contribution is 6.64. The van der Waals surface area contributed by atoms with Crippen LogP contribution in [0.25, 0.3) is 32.3 Å². The lowest BCUT2D eigenvalue weighted by Crippen LogP contribution is -2.38. The van der Waals surface area contributed by atoms with E-state index in [2.05, 4.69) is 93.6 Å². The van der Waals surface area contributed by atoms with Crippen molar-refractivity contribution in [2.24, 2.45) is 0 Å². The minimum Gasteiger partial charge on any atom is -0.519 e. The van der Waals surface area contributed by atoms with Gasteiger partial charge >= 0.3 is 21.4 Å². The van der Waals surface area contributed by atoms with Gasteiger partial charge in [0.2, 0.25) is 0 Å². The number of aryl methyl sites for hydroxylation is 3. The maximum absolute atomic E-state index is 6.40. The Morgan fingerprint density at radius 1 is 0.292 bits per heavy atom. The third-order valence-electron chi connectivity index (χ3n) is 9.57. The third kappa shape index (κ3) is 4.30. The molecule has 48 heavy (non-hydrogen) atoms. The lowest BCUT2D eigenvalue weighted by atomic mass is 9.79. The van der Waals surface area contributed by atoms with Gasteiger partial charge in [0.15, 0.2) is 0 Å². The van der Waals surface area contributed by atoms with E-state index in [9.17, 15) is 0 Å². The largest absolute Gasteiger partial charge is 0.632 e. The number of rotatable bonds is 3. The zero-order chi connectivity index (χ0) is 32.1. The van der Waals surface area contributed by atoms with Gasteiger partial charge in [-0.1, -0.05) is 89.5 Å². The third-order valence-corrected chi connectivity index (χ3v) is 9.57. The maximum Gasteiger partial charge on any atom is 0.632 e. The van der Waals surface area contributed by atoms with Crippen molar-refractivity contribution in [1.82, 2.24) is 0 Å². The van der Waals surface area contributed by atoms with Crippen LogP contribution < -0.4 is 44.3 Å². The molecular weight excluding hydrogens is 597 g/mol. The van der Waals surface area contributed by atoms with Crippen LogP contribution in [-0.2, 0) is 0 Å². The molecule has 0 aliphatic carbocycles. The number of benzene rings is 7. The highest BCUT2D eigenvalue weighted by Crippen LogP contribution is 2.49. The first-order valence-corrected chi connectivity index (χ1v) is 16.2. The molecule has 0 fully saturated rings. The van der Waals surface area contributed by atoms with E-state index in [1.54, 1.807) is 0 Å². The molecule has 9 heteroatoms. The number of hydrogen-bond donors (Lipinski definition) is 0. The molecular formula is C39H27B3O6. The fourth-order valence-corrected chi connectivity index (χ4v) is 6.91. The van der Waals surface area contributed by atoms with Crippen LogP contribution in [0.4, 0.5) is 0 Å². The van der Waals surface area contributed by atoms with Crippen LogP contribution in [0, 0.1) is 20.8 Å². The second kappa shape index (κ2) is 10.2. The lowest BCUT2D eigenvalue weighted by Gasteiger charge is -2.14. The van der Waals surface area contributed by atoms with Crippen molar-refractivity contribution in [3.63, 3.8) is 0 Å². The van der Waals surface area contributed by atoms with Crippen LogP contribution in [0.15, 0.2) is 109 Å². The molecule has 3 aliphatic rings. The highest BCUT2D eigenvalue weighted by Gasteiger charge is 2.38. The number of hydrogen-bond acceptors (Lipinski definition) is 6. The summed E-state index contributed by atoms with van der Waals surface area (Å²) in [4.78, 5) is 0. The van der Waals surface area contributed by atoms with Gasteiger partial charge in [0.25, 0.3) is 0 Å². The van der Waals surface area contributed by atoms with Crippen LogP contribution in [0.2, 0.25) is 0 Å². The summed E-state index contributed by atoms with van der Waals surface area (Å²) in [6, 6.07) is 37.2. The standard InChI is InChI=1S/C39H27B3O6/c1-22-4-10-25(11-5-22)40-43-34-16-28-29(17-35(34)44-40)31-19-37-39(48-42(46-37)27-14-8-24(3)9-15-27)21-33(31)32-20-38-36(18-30(28)32)45-41(47-38)26-12-6-23(2)7-13-26/h4-21H,1-3H3. The molecule has 7 aromatic carbocycles. The fourth-order valence-electron chi connectivity index (χ4n) is 6.91. The molecule has 0 saturated carbocycles. The van der Waals surface area contributed by atoms with E-state index >= 15 is 0 Å². The van der Waals surface area contributed by atoms with Crippen molar-refractivity contribution in [3.8, 4) is 34.5 Å². The van der Waals surface area contributed by atoms with Gasteiger partial charge < -0.3 is 27.9 Å². The van der Waals surface area contributed by atoms with Crippen molar-refractivity contribution in [1.29, 1.82) is 0 Å². The minimum atomic E-state index is -0.526. The van der Waals surface area contributed by atoms with Gasteiger partial charge in [0.05, 0.1) is 0 Å². The first kappa shape index (κ1) is 27.4. The zero-order valence-corrected chi connectivity index (χ0v) is 26.6. The van der Waals surface area contributed by atoms with Gasteiger partial charge in [-0.25, -0.2) is 0 Å². The van der Waals surface area contributed by atoms with Crippen LogP contribution in [0.1, 0.15) is 16.7 Å². The predicted octanol–water partition coefficient (Wildman–Crippen LogP) is 6.57. The molecule has 3 aliphatic heterocycles. The van der Waals surface area contributed by atoms with Crippen molar-refractivity contribution in [2.45, 2.75) is 20.8 Å². The Labute approximate surface area is 278 Å². The molecule has 3 heterocycles. The summed E-state index contributed by atoms with van der Waals surface area (Å²) in [5, 5.41) is 6.10. The van der Waals surface area contributed by atoms with Gasteiger partial charge in [0.1, 0.15) is 34.5 Å². The Bertz CT molecular complexity index is 2040. The predicted molar refractivity (Wildman–Crippen MR) is 192 cm³/mol. The molecule has 228 valence electrons. The molecule has 0 bridgehead atoms. The van der Waals surface area contributed by atoms with E-state index in [0.717, 1.165) is 48.7 Å². The van der Waals surface area contributed by atoms with E-state index in [-0.39, 0.29) is 0 Å². The smallest absolute Gasteiger partial charge is 0.519 e. The molecule has 0 N–H and O–H groups in total. The summed E-state index contributed by atoms with van der Waals surface area (Å²) in [5.74, 6) is 4.19. The Kier molecular flexibility index (Phi) is 5.80. The fraction of sp³-hybridized carbons (Fsp3) is 0.0769. The van der Waals surface area contributed by atoms with Gasteiger partial charge in [0, 0.05) is 16.4 Å². The Hall–Kier alpha value is -5.69. The van der Waals surface area contributed by atoms with Gasteiger partial charge in [-0.15, -0.1) is 0 Å². The Morgan fingerprint density at radius 3 is 0.667 bits per heavy atom. The van der Waals surface area contributed by atoms with Crippen molar-refractivity contribution in [2.75, 3.05) is 0 Å². The first-order chi connectivity index (χ1) is 23.4. The lowest BCUT2D eigenvalue weighted by molar-refractivity contribution is 0.518. The van der Waals surface area contributed by atoms with E-state index in [0.29, 0.717) is 34.5 Å².